The van der Waals surface area contributed by atoms with E-state index in [9.17, 15) is 18.0 Å². The number of benzene rings is 2. The Morgan fingerprint density at radius 3 is 2.19 bits per heavy atom. The molecule has 0 aromatic heterocycles. The van der Waals surface area contributed by atoms with Gasteiger partial charge in [-0.15, -0.1) is 0 Å². The van der Waals surface area contributed by atoms with Gasteiger partial charge < -0.3 is 18.9 Å². The summed E-state index contributed by atoms with van der Waals surface area (Å²) in [7, 11) is -4.09. The molecular weight excluding hydrogens is 424 g/mol. The Morgan fingerprint density at radius 1 is 0.968 bits per heavy atom. The molecular formula is C22H22O8S. The Bertz CT molecular complexity index is 1090. The van der Waals surface area contributed by atoms with Gasteiger partial charge in [0.1, 0.15) is 5.25 Å². The first-order valence-corrected chi connectivity index (χ1v) is 11.5. The predicted molar refractivity (Wildman–Crippen MR) is 108 cm³/mol. The zero-order chi connectivity index (χ0) is 22.2. The number of esters is 2. The molecule has 1 aliphatic carbocycles. The van der Waals surface area contributed by atoms with E-state index in [4.69, 9.17) is 18.9 Å². The van der Waals surface area contributed by atoms with Crippen molar-refractivity contribution in [2.75, 3.05) is 20.0 Å². The lowest BCUT2D eigenvalue weighted by Crippen LogP contribution is -2.35. The van der Waals surface area contributed by atoms with Crippen molar-refractivity contribution in [2.45, 2.75) is 29.9 Å². The standard InChI is InChI=1S/C22H22O8S/c1-3-27-20(23)22(21(24)28-4-2)18(14-10-11-16-17(12-14)30-13-29-16)19(22)31(25,26)15-8-6-5-7-9-15/h5-12,18-19H,3-4,13H2,1-2H3/t18-,19+/m1/s1. The molecule has 9 heteroatoms. The van der Waals surface area contributed by atoms with Crippen LogP contribution in [-0.2, 0) is 28.9 Å². The molecule has 0 unspecified atom stereocenters. The van der Waals surface area contributed by atoms with E-state index >= 15 is 0 Å². The SMILES string of the molecule is CCOC(=O)C1(C(=O)OCC)[C@H](c2ccc3c(c2)OCO3)[C@@H]1S(=O)(=O)c1ccccc1. The second-order valence-electron chi connectivity index (χ2n) is 7.18. The summed E-state index contributed by atoms with van der Waals surface area (Å²) in [5.74, 6) is -1.90. The van der Waals surface area contributed by atoms with Crippen LogP contribution in [0.4, 0.5) is 0 Å². The van der Waals surface area contributed by atoms with E-state index in [1.54, 1.807) is 50.2 Å². The quantitative estimate of drug-likeness (QED) is 0.472. The molecule has 1 fully saturated rings. The van der Waals surface area contributed by atoms with Crippen molar-refractivity contribution < 1.29 is 37.0 Å². The van der Waals surface area contributed by atoms with Crippen LogP contribution < -0.4 is 9.47 Å². The monoisotopic (exact) mass is 446 g/mol. The van der Waals surface area contributed by atoms with Crippen LogP contribution in [0.5, 0.6) is 11.5 Å². The molecule has 2 aromatic rings. The fraction of sp³-hybridized carbons (Fsp3) is 0.364. The summed E-state index contributed by atoms with van der Waals surface area (Å²) in [6.07, 6.45) is 0. The summed E-state index contributed by atoms with van der Waals surface area (Å²) >= 11 is 0. The molecule has 0 amide bonds. The average molecular weight is 446 g/mol. The Labute approximate surface area is 180 Å². The molecule has 2 aliphatic rings. The molecule has 0 radical (unpaired) electrons. The van der Waals surface area contributed by atoms with Crippen molar-refractivity contribution in [1.29, 1.82) is 0 Å². The minimum atomic E-state index is -4.09. The third kappa shape index (κ3) is 3.23. The number of carbonyl (C=O) groups excluding carboxylic acids is 2. The number of hydrogen-bond acceptors (Lipinski definition) is 8. The average Bonchev–Trinajstić information content (AvgIpc) is 3.29. The van der Waals surface area contributed by atoms with Crippen molar-refractivity contribution in [1.82, 2.24) is 0 Å². The third-order valence-corrected chi connectivity index (χ3v) is 7.76. The lowest BCUT2D eigenvalue weighted by atomic mass is 9.98. The van der Waals surface area contributed by atoms with E-state index in [0.717, 1.165) is 0 Å². The number of carbonyl (C=O) groups is 2. The highest BCUT2D eigenvalue weighted by Crippen LogP contribution is 2.66. The summed E-state index contributed by atoms with van der Waals surface area (Å²) < 4.78 is 48.2. The molecule has 2 aromatic carbocycles. The van der Waals surface area contributed by atoms with E-state index in [-0.39, 0.29) is 24.9 Å². The van der Waals surface area contributed by atoms with Gasteiger partial charge in [0.2, 0.25) is 6.79 Å². The van der Waals surface area contributed by atoms with Crippen molar-refractivity contribution >= 4 is 21.8 Å². The van der Waals surface area contributed by atoms with Crippen LogP contribution in [-0.4, -0.2) is 45.6 Å². The zero-order valence-electron chi connectivity index (χ0n) is 17.1. The molecule has 1 saturated carbocycles. The predicted octanol–water partition coefficient (Wildman–Crippen LogP) is 2.47. The van der Waals surface area contributed by atoms with E-state index in [1.165, 1.54) is 12.1 Å². The summed E-state index contributed by atoms with van der Waals surface area (Å²) in [5, 5.41) is -1.37. The van der Waals surface area contributed by atoms with Crippen LogP contribution in [0.2, 0.25) is 0 Å². The maximum absolute atomic E-state index is 13.6. The Hall–Kier alpha value is -3.07. The van der Waals surface area contributed by atoms with Gasteiger partial charge in [-0.25, -0.2) is 8.42 Å². The van der Waals surface area contributed by atoms with Gasteiger partial charge in [0.25, 0.3) is 0 Å². The van der Waals surface area contributed by atoms with Gasteiger partial charge in [0.15, 0.2) is 26.8 Å². The van der Waals surface area contributed by atoms with Crippen LogP contribution in [0.1, 0.15) is 25.3 Å². The largest absolute Gasteiger partial charge is 0.465 e. The topological polar surface area (TPSA) is 105 Å². The van der Waals surface area contributed by atoms with Gasteiger partial charge in [-0.3, -0.25) is 9.59 Å². The molecule has 31 heavy (non-hydrogen) atoms. The summed E-state index contributed by atoms with van der Waals surface area (Å²) in [6, 6.07) is 12.6. The van der Waals surface area contributed by atoms with Gasteiger partial charge in [-0.05, 0) is 43.7 Å². The smallest absolute Gasteiger partial charge is 0.325 e. The number of ether oxygens (including phenoxy) is 4. The summed E-state index contributed by atoms with van der Waals surface area (Å²) in [5.41, 5.74) is -1.55. The number of sulfone groups is 1. The van der Waals surface area contributed by atoms with E-state index in [1.807, 2.05) is 0 Å². The van der Waals surface area contributed by atoms with Crippen molar-refractivity contribution in [2.24, 2.45) is 5.41 Å². The maximum atomic E-state index is 13.6. The normalized spacial score (nSPS) is 20.7. The summed E-state index contributed by atoms with van der Waals surface area (Å²) in [6.45, 7) is 3.21. The van der Waals surface area contributed by atoms with E-state index in [2.05, 4.69) is 0 Å². The highest BCUT2D eigenvalue weighted by atomic mass is 32.2. The third-order valence-electron chi connectivity index (χ3n) is 5.52. The minimum Gasteiger partial charge on any atom is -0.465 e. The van der Waals surface area contributed by atoms with Crippen LogP contribution >= 0.6 is 0 Å². The van der Waals surface area contributed by atoms with Gasteiger partial charge in [-0.2, -0.15) is 0 Å². The molecule has 164 valence electrons. The number of hydrogen-bond donors (Lipinski definition) is 0. The van der Waals surface area contributed by atoms with Gasteiger partial charge in [0, 0.05) is 5.92 Å². The van der Waals surface area contributed by atoms with Crippen LogP contribution in [0.3, 0.4) is 0 Å². The fourth-order valence-electron chi connectivity index (χ4n) is 4.15. The Balaban J connectivity index is 1.88. The summed E-state index contributed by atoms with van der Waals surface area (Å²) in [4.78, 5) is 26.2. The van der Waals surface area contributed by atoms with Gasteiger partial charge >= 0.3 is 11.9 Å². The molecule has 8 nitrogen and oxygen atoms in total. The molecule has 4 rings (SSSR count). The second-order valence-corrected chi connectivity index (χ2v) is 9.25. The van der Waals surface area contributed by atoms with Crippen molar-refractivity contribution in [3.63, 3.8) is 0 Å². The van der Waals surface area contributed by atoms with Crippen LogP contribution in [0.25, 0.3) is 0 Å². The lowest BCUT2D eigenvalue weighted by Gasteiger charge is -2.15. The number of fused-ring (bicyclic) bond motifs is 1. The van der Waals surface area contributed by atoms with Gasteiger partial charge in [0.05, 0.1) is 18.1 Å². The second kappa shape index (κ2) is 7.88. The molecule has 0 N–H and O–H groups in total. The van der Waals surface area contributed by atoms with E-state index in [0.29, 0.717) is 17.1 Å². The molecule has 0 spiro atoms. The van der Waals surface area contributed by atoms with Gasteiger partial charge in [-0.1, -0.05) is 24.3 Å². The first kappa shape index (κ1) is 21.2. The lowest BCUT2D eigenvalue weighted by molar-refractivity contribution is -0.164. The van der Waals surface area contributed by atoms with Crippen molar-refractivity contribution in [3.8, 4) is 11.5 Å². The number of rotatable bonds is 7. The van der Waals surface area contributed by atoms with Crippen LogP contribution in [0.15, 0.2) is 53.4 Å². The molecule has 0 saturated heterocycles. The Morgan fingerprint density at radius 2 is 1.58 bits per heavy atom. The Kier molecular flexibility index (Phi) is 5.38. The maximum Gasteiger partial charge on any atom is 0.325 e. The molecule has 1 heterocycles. The highest BCUT2D eigenvalue weighted by Gasteiger charge is 2.81. The molecule has 2 atom stereocenters. The fourth-order valence-corrected chi connectivity index (χ4v) is 6.46. The molecule has 1 aliphatic heterocycles. The van der Waals surface area contributed by atoms with E-state index < -0.39 is 38.4 Å². The molecule has 0 bridgehead atoms. The highest BCUT2D eigenvalue weighted by molar-refractivity contribution is 7.92. The van der Waals surface area contributed by atoms with Crippen molar-refractivity contribution in [3.05, 3.63) is 54.1 Å². The first-order chi connectivity index (χ1) is 14.9. The van der Waals surface area contributed by atoms with Crippen LogP contribution in [0, 0.1) is 5.41 Å². The zero-order valence-corrected chi connectivity index (χ0v) is 17.9. The first-order valence-electron chi connectivity index (χ1n) is 9.91. The minimum absolute atomic E-state index is 0.00798.